The minimum atomic E-state index is -3.10. The van der Waals surface area contributed by atoms with Crippen LogP contribution in [0.2, 0.25) is 0 Å². The van der Waals surface area contributed by atoms with Gasteiger partial charge in [0.25, 0.3) is 5.92 Å². The standard InChI is InChI=1S/C31H43F2N3O2/c1-10-24(13-12-22(6)31(32,33)11-2)18-21(5)30(38-9)36-27-15-14-26(19-25(27)16-17-34)29(37)28(20(3)4)23(7)35-8/h10-11,15,19-20,26,28-29,37H,2,5-6,12-14,16,18H2,1,3-4,7-9H3/b24-10+,35-23?,36-30?/t26?,28?,29-/m1/s1. The average molecular weight is 528 g/mol. The number of nitriles is 1. The van der Waals surface area contributed by atoms with Gasteiger partial charge in [0.1, 0.15) is 0 Å². The lowest BCUT2D eigenvalue weighted by molar-refractivity contribution is 0.0773. The Hall–Kier alpha value is -3.11. The van der Waals surface area contributed by atoms with Gasteiger partial charge in [0, 0.05) is 30.2 Å². The molecular weight excluding hydrogens is 484 g/mol. The Morgan fingerprint density at radius 2 is 2.00 bits per heavy atom. The van der Waals surface area contributed by atoms with Gasteiger partial charge in [-0.3, -0.25) is 4.99 Å². The van der Waals surface area contributed by atoms with Gasteiger partial charge in [0.15, 0.2) is 0 Å². The van der Waals surface area contributed by atoms with Crippen LogP contribution < -0.4 is 0 Å². The minimum absolute atomic E-state index is 0.0980. The number of nitrogens with zero attached hydrogens (tertiary/aromatic N) is 3. The zero-order chi connectivity index (χ0) is 29.0. The van der Waals surface area contributed by atoms with Gasteiger partial charge in [-0.05, 0) is 62.7 Å². The highest BCUT2D eigenvalue weighted by molar-refractivity contribution is 5.94. The van der Waals surface area contributed by atoms with Gasteiger partial charge in [0.2, 0.25) is 5.90 Å². The predicted octanol–water partition coefficient (Wildman–Crippen LogP) is 7.55. The molecule has 2 unspecified atom stereocenters. The Labute approximate surface area is 227 Å². The minimum Gasteiger partial charge on any atom is -0.481 e. The van der Waals surface area contributed by atoms with E-state index in [2.05, 4.69) is 49.6 Å². The molecule has 0 heterocycles. The quantitative estimate of drug-likeness (QED) is 0.144. The van der Waals surface area contributed by atoms with Gasteiger partial charge >= 0.3 is 0 Å². The zero-order valence-corrected chi connectivity index (χ0v) is 23.7. The maximum atomic E-state index is 13.8. The first-order chi connectivity index (χ1) is 17.9. The number of aliphatic hydroxyl groups excluding tert-OH is 1. The summed E-state index contributed by atoms with van der Waals surface area (Å²) in [7, 11) is 3.22. The fourth-order valence-corrected chi connectivity index (χ4v) is 4.61. The third-order valence-corrected chi connectivity index (χ3v) is 7.00. The van der Waals surface area contributed by atoms with Gasteiger partial charge in [-0.25, -0.2) is 4.99 Å². The summed E-state index contributed by atoms with van der Waals surface area (Å²) in [5, 5.41) is 20.6. The molecule has 0 bridgehead atoms. The summed E-state index contributed by atoms with van der Waals surface area (Å²) in [5.41, 5.74) is 3.53. The van der Waals surface area contributed by atoms with Crippen LogP contribution in [0.5, 0.6) is 0 Å². The second-order valence-corrected chi connectivity index (χ2v) is 9.92. The number of aliphatic hydroxyl groups is 1. The van der Waals surface area contributed by atoms with Crippen molar-refractivity contribution in [2.24, 2.45) is 27.7 Å². The largest absolute Gasteiger partial charge is 0.481 e. The molecule has 0 fully saturated rings. The monoisotopic (exact) mass is 527 g/mol. The number of rotatable bonds is 14. The maximum absolute atomic E-state index is 13.8. The molecule has 0 spiro atoms. The Morgan fingerprint density at radius 1 is 1.34 bits per heavy atom. The van der Waals surface area contributed by atoms with Crippen molar-refractivity contribution in [1.29, 1.82) is 5.26 Å². The topological polar surface area (TPSA) is 78.0 Å². The van der Waals surface area contributed by atoms with Crippen molar-refractivity contribution < 1.29 is 18.6 Å². The fourth-order valence-electron chi connectivity index (χ4n) is 4.61. The molecule has 0 saturated carbocycles. The number of aliphatic imine (C=N–C) groups is 2. The molecule has 1 aliphatic carbocycles. The van der Waals surface area contributed by atoms with Crippen LogP contribution in [0.15, 0.2) is 82.0 Å². The number of halogens is 2. The summed E-state index contributed by atoms with van der Waals surface area (Å²) in [4.78, 5) is 8.97. The molecule has 7 heteroatoms. The molecule has 3 atom stereocenters. The molecule has 0 aromatic rings. The number of allylic oxidation sites excluding steroid dienone is 6. The molecule has 1 N–H and O–H groups in total. The van der Waals surface area contributed by atoms with Gasteiger partial charge in [0.05, 0.1) is 31.4 Å². The summed E-state index contributed by atoms with van der Waals surface area (Å²) in [6, 6.07) is 2.19. The van der Waals surface area contributed by atoms with E-state index in [0.29, 0.717) is 48.1 Å². The molecule has 38 heavy (non-hydrogen) atoms. The van der Waals surface area contributed by atoms with Crippen LogP contribution in [0.3, 0.4) is 0 Å². The Bertz CT molecular complexity index is 1070. The van der Waals surface area contributed by atoms with Crippen LogP contribution in [0.25, 0.3) is 0 Å². The van der Waals surface area contributed by atoms with E-state index in [0.717, 1.165) is 11.3 Å². The molecule has 0 saturated heterocycles. The van der Waals surface area contributed by atoms with Crippen molar-refractivity contribution >= 4 is 11.6 Å². The zero-order valence-electron chi connectivity index (χ0n) is 23.7. The van der Waals surface area contributed by atoms with Crippen LogP contribution in [-0.4, -0.2) is 42.9 Å². The molecule has 0 aliphatic heterocycles. The summed E-state index contributed by atoms with van der Waals surface area (Å²) in [5.74, 6) is -2.86. The molecule has 0 amide bonds. The van der Waals surface area contributed by atoms with Crippen LogP contribution in [0.1, 0.15) is 59.8 Å². The van der Waals surface area contributed by atoms with Crippen molar-refractivity contribution in [3.63, 3.8) is 0 Å². The van der Waals surface area contributed by atoms with Crippen molar-refractivity contribution in [3.8, 4) is 6.07 Å². The van der Waals surface area contributed by atoms with E-state index in [1.807, 2.05) is 32.1 Å². The Morgan fingerprint density at radius 3 is 2.50 bits per heavy atom. The van der Waals surface area contributed by atoms with E-state index in [1.54, 1.807) is 7.05 Å². The second-order valence-electron chi connectivity index (χ2n) is 9.92. The third kappa shape index (κ3) is 9.02. The fraction of sp³-hybridized carbons (Fsp3) is 0.516. The Kier molecular flexibility index (Phi) is 13.3. The number of methoxy groups -OCH3 is 1. The van der Waals surface area contributed by atoms with Gasteiger partial charge in [-0.1, -0.05) is 57.4 Å². The molecule has 1 aliphatic rings. The summed E-state index contributed by atoms with van der Waals surface area (Å²) in [6.07, 6.45) is 7.28. The molecule has 1 rings (SSSR count). The number of ether oxygens (including phenoxy) is 1. The van der Waals surface area contributed by atoms with Crippen molar-refractivity contribution in [2.45, 2.75) is 71.8 Å². The second kappa shape index (κ2) is 15.3. The lowest BCUT2D eigenvalue weighted by atomic mass is 9.77. The van der Waals surface area contributed by atoms with E-state index in [-0.39, 0.29) is 36.2 Å². The highest BCUT2D eigenvalue weighted by atomic mass is 19.3. The molecule has 5 nitrogen and oxygen atoms in total. The number of hydrogen-bond acceptors (Lipinski definition) is 5. The van der Waals surface area contributed by atoms with Crippen LogP contribution >= 0.6 is 0 Å². The summed E-state index contributed by atoms with van der Waals surface area (Å²) in [6.45, 7) is 18.7. The third-order valence-electron chi connectivity index (χ3n) is 7.00. The lowest BCUT2D eigenvalue weighted by Gasteiger charge is -2.32. The normalized spacial score (nSPS) is 18.8. The summed E-state index contributed by atoms with van der Waals surface area (Å²) < 4.78 is 33.1. The van der Waals surface area contributed by atoms with E-state index < -0.39 is 12.0 Å². The van der Waals surface area contributed by atoms with Crippen LogP contribution in [0, 0.1) is 29.1 Å². The van der Waals surface area contributed by atoms with E-state index in [1.165, 1.54) is 7.11 Å². The van der Waals surface area contributed by atoms with Gasteiger partial charge in [-0.15, -0.1) is 0 Å². The average Bonchev–Trinajstić information content (AvgIpc) is 2.89. The summed E-state index contributed by atoms with van der Waals surface area (Å²) >= 11 is 0. The van der Waals surface area contributed by atoms with Gasteiger partial charge in [-0.2, -0.15) is 14.0 Å². The van der Waals surface area contributed by atoms with Crippen molar-refractivity contribution in [3.05, 3.63) is 72.0 Å². The van der Waals surface area contributed by atoms with Crippen molar-refractivity contribution in [2.75, 3.05) is 14.2 Å². The van der Waals surface area contributed by atoms with E-state index in [9.17, 15) is 19.1 Å². The molecule has 0 aromatic carbocycles. The van der Waals surface area contributed by atoms with Gasteiger partial charge < -0.3 is 9.84 Å². The SMILES string of the molecule is C=CC(F)(F)C(=C)CC/C(=C\C)CC(=C)C(=NC1=CCC([C@@H](O)C(C(C)=NC)C(C)C)C=C1CC#N)OC. The predicted molar refractivity (Wildman–Crippen MR) is 153 cm³/mol. The molecular formula is C31H43F2N3O2. The van der Waals surface area contributed by atoms with E-state index >= 15 is 0 Å². The maximum Gasteiger partial charge on any atom is 0.287 e. The van der Waals surface area contributed by atoms with Crippen LogP contribution in [0.4, 0.5) is 8.78 Å². The number of alkyl halides is 2. The highest BCUT2D eigenvalue weighted by Gasteiger charge is 2.32. The lowest BCUT2D eigenvalue weighted by Crippen LogP contribution is -2.37. The Balaban J connectivity index is 3.11. The van der Waals surface area contributed by atoms with E-state index in [4.69, 9.17) is 4.74 Å². The first kappa shape index (κ1) is 32.9. The molecule has 208 valence electrons. The smallest absolute Gasteiger partial charge is 0.287 e. The number of hydrogen-bond donors (Lipinski definition) is 1. The van der Waals surface area contributed by atoms with Crippen LogP contribution in [-0.2, 0) is 4.74 Å². The van der Waals surface area contributed by atoms with Crippen molar-refractivity contribution in [1.82, 2.24) is 0 Å². The molecule has 0 radical (unpaired) electrons. The first-order valence-corrected chi connectivity index (χ1v) is 12.9. The molecule has 0 aromatic heterocycles. The highest BCUT2D eigenvalue weighted by Crippen LogP contribution is 2.34. The first-order valence-electron chi connectivity index (χ1n) is 12.9.